The summed E-state index contributed by atoms with van der Waals surface area (Å²) in [5.41, 5.74) is 1.42. The van der Waals surface area contributed by atoms with E-state index in [9.17, 15) is 14.4 Å². The molecule has 0 aliphatic heterocycles. The van der Waals surface area contributed by atoms with Gasteiger partial charge < -0.3 is 25.1 Å². The zero-order valence-electron chi connectivity index (χ0n) is 15.1. The normalized spacial score (nSPS) is 12.5. The number of esters is 1. The van der Waals surface area contributed by atoms with Crippen molar-refractivity contribution in [2.45, 2.75) is 32.0 Å². The summed E-state index contributed by atoms with van der Waals surface area (Å²) in [6, 6.07) is 7.34. The lowest BCUT2D eigenvalue weighted by molar-refractivity contribution is -0.145. The second-order valence-corrected chi connectivity index (χ2v) is 5.78. The fourth-order valence-corrected chi connectivity index (χ4v) is 2.25. The van der Waals surface area contributed by atoms with Crippen LogP contribution in [0.4, 0.5) is 4.79 Å². The number of imidazole rings is 1. The first kappa shape index (κ1) is 20.0. The number of alkyl carbamates (subject to hydrolysis) is 1. The molecule has 0 radical (unpaired) electrons. The molecule has 2 amide bonds. The number of hydrogen-bond donors (Lipinski definition) is 3. The maximum atomic E-state index is 12.3. The van der Waals surface area contributed by atoms with Crippen molar-refractivity contribution in [2.24, 2.45) is 0 Å². The van der Waals surface area contributed by atoms with Crippen LogP contribution in [0, 0.1) is 0 Å². The third-order valence-electron chi connectivity index (χ3n) is 3.71. The van der Waals surface area contributed by atoms with Gasteiger partial charge in [-0.2, -0.15) is 0 Å². The van der Waals surface area contributed by atoms with Crippen LogP contribution >= 0.6 is 0 Å². The summed E-state index contributed by atoms with van der Waals surface area (Å²) in [5.74, 6) is -1.15. The highest BCUT2D eigenvalue weighted by Gasteiger charge is 2.26. The van der Waals surface area contributed by atoms with E-state index in [2.05, 4.69) is 20.6 Å². The van der Waals surface area contributed by atoms with Crippen molar-refractivity contribution in [3.63, 3.8) is 0 Å². The molecule has 0 saturated carbocycles. The number of aromatic amines is 1. The van der Waals surface area contributed by atoms with Gasteiger partial charge in [0.2, 0.25) is 5.91 Å². The smallest absolute Gasteiger partial charge is 0.408 e. The highest BCUT2D eigenvalue weighted by atomic mass is 16.5. The van der Waals surface area contributed by atoms with Gasteiger partial charge in [0, 0.05) is 12.6 Å². The second-order valence-electron chi connectivity index (χ2n) is 5.78. The topological polar surface area (TPSA) is 122 Å². The molecule has 2 unspecified atom stereocenters. The number of aromatic nitrogens is 2. The molecule has 0 saturated heterocycles. The molecule has 0 aliphatic rings. The van der Waals surface area contributed by atoms with E-state index < -0.39 is 30.1 Å². The van der Waals surface area contributed by atoms with Crippen molar-refractivity contribution in [1.82, 2.24) is 20.6 Å². The summed E-state index contributed by atoms with van der Waals surface area (Å²) >= 11 is 0. The van der Waals surface area contributed by atoms with Gasteiger partial charge in [-0.1, -0.05) is 30.3 Å². The summed E-state index contributed by atoms with van der Waals surface area (Å²) in [6.07, 6.45) is 2.51. The zero-order chi connectivity index (χ0) is 19.6. The summed E-state index contributed by atoms with van der Waals surface area (Å²) < 4.78 is 9.78. The fourth-order valence-electron chi connectivity index (χ4n) is 2.25. The third kappa shape index (κ3) is 6.46. The minimum absolute atomic E-state index is 0.0883. The summed E-state index contributed by atoms with van der Waals surface area (Å²) in [5, 5.41) is 4.97. The Morgan fingerprint density at radius 2 is 1.93 bits per heavy atom. The third-order valence-corrected chi connectivity index (χ3v) is 3.71. The largest absolute Gasteiger partial charge is 0.467 e. The summed E-state index contributed by atoms with van der Waals surface area (Å²) in [4.78, 5) is 42.8. The molecule has 9 nitrogen and oxygen atoms in total. The number of H-pyrrole nitrogens is 1. The van der Waals surface area contributed by atoms with E-state index in [0.717, 1.165) is 5.56 Å². The van der Waals surface area contributed by atoms with Crippen LogP contribution in [-0.2, 0) is 32.1 Å². The van der Waals surface area contributed by atoms with Crippen LogP contribution in [0.3, 0.4) is 0 Å². The van der Waals surface area contributed by atoms with Crippen LogP contribution in [0.1, 0.15) is 18.2 Å². The fraction of sp³-hybridized carbons (Fsp3) is 0.333. The van der Waals surface area contributed by atoms with Gasteiger partial charge in [0.05, 0.1) is 19.1 Å². The lowest BCUT2D eigenvalue weighted by Crippen LogP contribution is -2.51. The first-order valence-corrected chi connectivity index (χ1v) is 8.32. The molecule has 0 spiro atoms. The van der Waals surface area contributed by atoms with E-state index in [1.807, 2.05) is 30.3 Å². The van der Waals surface area contributed by atoms with Crippen molar-refractivity contribution in [3.05, 3.63) is 54.1 Å². The number of benzene rings is 1. The predicted molar refractivity (Wildman–Crippen MR) is 95.5 cm³/mol. The average molecular weight is 374 g/mol. The van der Waals surface area contributed by atoms with E-state index >= 15 is 0 Å². The standard InChI is InChI=1S/C18H22N4O5/c1-12(21-18(25)27-10-13-6-4-3-5-7-13)16(23)22-15(17(24)26-2)8-14-9-19-11-20-14/h3-7,9,11-12,15H,8,10H2,1-2H3,(H,19,20)(H,21,25)(H,22,23). The average Bonchev–Trinajstić information content (AvgIpc) is 3.19. The van der Waals surface area contributed by atoms with E-state index in [1.54, 1.807) is 6.20 Å². The van der Waals surface area contributed by atoms with Crippen LogP contribution < -0.4 is 10.6 Å². The quantitative estimate of drug-likeness (QED) is 0.591. The Labute approximate surface area is 156 Å². The molecule has 1 aromatic carbocycles. The minimum atomic E-state index is -0.921. The summed E-state index contributed by atoms with van der Waals surface area (Å²) in [6.45, 7) is 1.58. The highest BCUT2D eigenvalue weighted by Crippen LogP contribution is 2.03. The molecule has 2 aromatic rings. The number of methoxy groups -OCH3 is 1. The number of ether oxygens (including phenoxy) is 2. The molecule has 2 rings (SSSR count). The van der Waals surface area contributed by atoms with Gasteiger partial charge in [-0.15, -0.1) is 0 Å². The monoisotopic (exact) mass is 374 g/mol. The molecule has 0 bridgehead atoms. The van der Waals surface area contributed by atoms with Crippen molar-refractivity contribution < 1.29 is 23.9 Å². The van der Waals surface area contributed by atoms with Gasteiger partial charge in [-0.05, 0) is 12.5 Å². The van der Waals surface area contributed by atoms with Gasteiger partial charge in [0.25, 0.3) is 0 Å². The second kappa shape index (κ2) is 9.95. The van der Waals surface area contributed by atoms with Gasteiger partial charge in [-0.3, -0.25) is 4.79 Å². The molecule has 144 valence electrons. The maximum Gasteiger partial charge on any atom is 0.408 e. The maximum absolute atomic E-state index is 12.3. The summed E-state index contributed by atoms with van der Waals surface area (Å²) in [7, 11) is 1.23. The molecule has 2 atom stereocenters. The molecule has 27 heavy (non-hydrogen) atoms. The SMILES string of the molecule is COC(=O)C(Cc1c[nH]cn1)NC(=O)C(C)NC(=O)OCc1ccccc1. The zero-order valence-corrected chi connectivity index (χ0v) is 15.1. The predicted octanol–water partition coefficient (Wildman–Crippen LogP) is 0.925. The van der Waals surface area contributed by atoms with E-state index in [-0.39, 0.29) is 13.0 Å². The number of hydrogen-bond acceptors (Lipinski definition) is 6. The highest BCUT2D eigenvalue weighted by molar-refractivity contribution is 5.89. The number of rotatable bonds is 8. The molecule has 1 aromatic heterocycles. The van der Waals surface area contributed by atoms with Crippen molar-refractivity contribution in [2.75, 3.05) is 7.11 Å². The van der Waals surface area contributed by atoms with Gasteiger partial charge in [0.1, 0.15) is 18.7 Å². The molecular formula is C18H22N4O5. The number of nitrogens with zero attached hydrogens (tertiary/aromatic N) is 1. The molecule has 0 fully saturated rings. The molecule has 3 N–H and O–H groups in total. The van der Waals surface area contributed by atoms with Crippen LogP contribution in [0.15, 0.2) is 42.9 Å². The van der Waals surface area contributed by atoms with Gasteiger partial charge >= 0.3 is 12.1 Å². The van der Waals surface area contributed by atoms with Gasteiger partial charge in [0.15, 0.2) is 0 Å². The Balaban J connectivity index is 1.84. The van der Waals surface area contributed by atoms with Crippen LogP contribution in [0.5, 0.6) is 0 Å². The molecular weight excluding hydrogens is 352 g/mol. The Morgan fingerprint density at radius 3 is 2.56 bits per heavy atom. The van der Waals surface area contributed by atoms with E-state index in [1.165, 1.54) is 20.4 Å². The Bertz CT molecular complexity index is 748. The van der Waals surface area contributed by atoms with E-state index in [4.69, 9.17) is 9.47 Å². The molecule has 1 heterocycles. The number of carbonyl (C=O) groups is 3. The Hall–Kier alpha value is -3.36. The van der Waals surface area contributed by atoms with E-state index in [0.29, 0.717) is 5.69 Å². The molecule has 0 aliphatic carbocycles. The van der Waals surface area contributed by atoms with Crippen LogP contribution in [0.25, 0.3) is 0 Å². The number of amides is 2. The number of carbonyl (C=O) groups excluding carboxylic acids is 3. The minimum Gasteiger partial charge on any atom is -0.467 e. The van der Waals surface area contributed by atoms with Crippen molar-refractivity contribution in [1.29, 1.82) is 0 Å². The van der Waals surface area contributed by atoms with Gasteiger partial charge in [-0.25, -0.2) is 14.6 Å². The Morgan fingerprint density at radius 1 is 1.19 bits per heavy atom. The number of nitrogens with one attached hydrogen (secondary N) is 3. The first-order chi connectivity index (χ1) is 13.0. The first-order valence-electron chi connectivity index (χ1n) is 8.32. The van der Waals surface area contributed by atoms with Crippen molar-refractivity contribution in [3.8, 4) is 0 Å². The van der Waals surface area contributed by atoms with Crippen molar-refractivity contribution >= 4 is 18.0 Å². The Kier molecular flexibility index (Phi) is 7.36. The van der Waals surface area contributed by atoms with Crippen LogP contribution in [-0.4, -0.2) is 47.1 Å². The van der Waals surface area contributed by atoms with Crippen LogP contribution in [0.2, 0.25) is 0 Å². The molecule has 9 heteroatoms. The lowest BCUT2D eigenvalue weighted by Gasteiger charge is -2.19. The lowest BCUT2D eigenvalue weighted by atomic mass is 10.1.